The molecule has 0 spiro atoms. The zero-order chi connectivity index (χ0) is 60.9. The quantitative estimate of drug-likeness (QED) is 0.109. The molecule has 11 aromatic rings. The highest BCUT2D eigenvalue weighted by atomic mass is 16.5. The second-order valence-electron chi connectivity index (χ2n) is 23.5. The van der Waals surface area contributed by atoms with Gasteiger partial charge in [-0.1, -0.05) is 164 Å². The van der Waals surface area contributed by atoms with Gasteiger partial charge in [0.15, 0.2) is 5.76 Å². The van der Waals surface area contributed by atoms with Crippen LogP contribution >= 0.6 is 0 Å². The van der Waals surface area contributed by atoms with E-state index < -0.39 is 0 Å². The molecule has 6 aliphatic rings. The fraction of sp³-hybridized carbons (Fsp3) is 0.0471. The molecule has 0 saturated carbocycles. The van der Waals surface area contributed by atoms with Gasteiger partial charge in [0.1, 0.15) is 5.75 Å². The number of allylic oxidation sites excluding steroid dienone is 20. The minimum atomic E-state index is 0.0315. The number of hydrogen-bond donors (Lipinski definition) is 1. The Bertz CT molecular complexity index is 5490. The highest BCUT2D eigenvalue weighted by molar-refractivity contribution is 6.17. The third kappa shape index (κ3) is 9.70. The van der Waals surface area contributed by atoms with Crippen LogP contribution in [0, 0.1) is 0 Å². The van der Waals surface area contributed by atoms with Crippen molar-refractivity contribution in [2.24, 2.45) is 4.99 Å². The van der Waals surface area contributed by atoms with Crippen LogP contribution in [0.3, 0.4) is 0 Å². The van der Waals surface area contributed by atoms with Crippen molar-refractivity contribution in [1.29, 1.82) is 0 Å². The molecule has 1 unspecified atom stereocenters. The summed E-state index contributed by atoms with van der Waals surface area (Å²) in [6.07, 6.45) is 47.0. The van der Waals surface area contributed by atoms with E-state index in [4.69, 9.17) is 19.7 Å². The van der Waals surface area contributed by atoms with Crippen LogP contribution in [0.4, 0.5) is 0 Å². The van der Waals surface area contributed by atoms with Gasteiger partial charge in [-0.3, -0.25) is 15.0 Å². The summed E-state index contributed by atoms with van der Waals surface area (Å²) in [5.74, 6) is 1.42. The summed E-state index contributed by atoms with van der Waals surface area (Å²) < 4.78 is 11.6. The van der Waals surface area contributed by atoms with Crippen LogP contribution in [0.5, 0.6) is 5.75 Å². The molecule has 7 heteroatoms. The molecule has 3 aliphatic carbocycles. The molecule has 4 aromatic heterocycles. The second-order valence-corrected chi connectivity index (χ2v) is 23.5. The lowest BCUT2D eigenvalue weighted by Crippen LogP contribution is -2.13. The average molecular weight is 1180 g/mol. The molecule has 0 radical (unpaired) electrons. The van der Waals surface area contributed by atoms with E-state index in [2.05, 4.69) is 281 Å². The highest BCUT2D eigenvalue weighted by Gasteiger charge is 2.26. The summed E-state index contributed by atoms with van der Waals surface area (Å²) in [5, 5.41) is 8.17. The zero-order valence-electron chi connectivity index (χ0n) is 50.2. The van der Waals surface area contributed by atoms with Gasteiger partial charge in [0.25, 0.3) is 0 Å². The van der Waals surface area contributed by atoms with Gasteiger partial charge in [-0.25, -0.2) is 0 Å². The molecule has 1 N–H and O–H groups in total. The van der Waals surface area contributed by atoms with Gasteiger partial charge in [0, 0.05) is 84.9 Å². The van der Waals surface area contributed by atoms with E-state index in [9.17, 15) is 0 Å². The number of aromatic nitrogens is 4. The van der Waals surface area contributed by atoms with Crippen molar-refractivity contribution >= 4 is 82.9 Å². The van der Waals surface area contributed by atoms with Crippen LogP contribution in [0.15, 0.2) is 326 Å². The molecule has 7 aromatic carbocycles. The number of benzene rings is 7. The summed E-state index contributed by atoms with van der Waals surface area (Å²) in [6.45, 7) is 0. The lowest BCUT2D eigenvalue weighted by atomic mass is 9.92. The summed E-state index contributed by atoms with van der Waals surface area (Å²) in [6, 6.07) is 63.9. The van der Waals surface area contributed by atoms with Crippen molar-refractivity contribution in [3.05, 3.63) is 360 Å². The summed E-state index contributed by atoms with van der Waals surface area (Å²) in [5.41, 5.74) is 31.6. The minimum Gasteiger partial charge on any atom is -0.448 e. The molecule has 7 heterocycles. The van der Waals surface area contributed by atoms with Crippen LogP contribution in [0.25, 0.3) is 105 Å². The molecular formula is C85H58N6O. The van der Waals surface area contributed by atoms with Crippen LogP contribution in [0.1, 0.15) is 64.5 Å². The van der Waals surface area contributed by atoms with Crippen molar-refractivity contribution in [3.8, 4) is 33.7 Å². The molecule has 0 saturated heterocycles. The first-order valence-electron chi connectivity index (χ1n) is 31.4. The Kier molecular flexibility index (Phi) is 13.6. The molecule has 2 bridgehead atoms. The van der Waals surface area contributed by atoms with E-state index in [-0.39, 0.29) is 6.04 Å². The second kappa shape index (κ2) is 23.1. The van der Waals surface area contributed by atoms with Gasteiger partial charge in [-0.05, 0) is 191 Å². The maximum Gasteiger partial charge on any atom is 0.170 e. The standard InChI is InChI=1S/C85H58N6O/c1-5-21-64(68(25-7-1)79-31-15-19-47-88-79)56-33-40-81-73(51-56)74-53-58(66-23-11-13-27-70(66)77-29-9-3-17-45-86-77)34-41-82(74)90(81)61-37-39-63-50-60(49-61)72-55-62(38-44-85(72)92-63)91-83-42-35-57(65-22-6-2-8-26-69(65)80-32-16-20-48-89-80)52-75(83)76-54-59(36-43-84(76)91)67-24-12-14-28-71(67)78-30-10-4-18-46-87-78/h1-2,5,7-20,22-49,51-55,77,86H,3-4,6H2. The van der Waals surface area contributed by atoms with Gasteiger partial charge < -0.3 is 19.2 Å². The third-order valence-corrected chi connectivity index (χ3v) is 18.1. The van der Waals surface area contributed by atoms with Gasteiger partial charge in [0.2, 0.25) is 0 Å². The van der Waals surface area contributed by atoms with Gasteiger partial charge in [-0.2, -0.15) is 0 Å². The number of pyridine rings is 2. The SMILES string of the molecule is C1=CC=CC=C(c2ccccn2)C=1c1ccc2c(c1)c1cc(-c3ccccc3C3C=CCC=CN3)ccc1n2C1=CC2=C=C(C=C1)Oc1ccc(-n3c4ccc(C5=CCC=CC=C5c5ccccn5)cc4c4cc(-c5ccccc5C5=NC=CCC=C5)ccc43)cc12. The van der Waals surface area contributed by atoms with E-state index >= 15 is 0 Å². The van der Waals surface area contributed by atoms with Crippen LogP contribution in [-0.2, 0) is 0 Å². The van der Waals surface area contributed by atoms with Gasteiger partial charge in [0.05, 0.1) is 45.2 Å². The number of hydrogen-bond acceptors (Lipinski definition) is 5. The minimum absolute atomic E-state index is 0.0315. The Balaban J connectivity index is 0.821. The molecule has 7 nitrogen and oxygen atoms in total. The maximum absolute atomic E-state index is 6.78. The normalized spacial score (nSPS) is 16.5. The molecule has 17 rings (SSSR count). The summed E-state index contributed by atoms with van der Waals surface area (Å²) in [4.78, 5) is 14.5. The van der Waals surface area contributed by atoms with Gasteiger partial charge >= 0.3 is 0 Å². The first kappa shape index (κ1) is 54.1. The fourth-order valence-electron chi connectivity index (χ4n) is 13.8. The lowest BCUT2D eigenvalue weighted by Gasteiger charge is -2.18. The number of fused-ring (bicyclic) bond motifs is 8. The molecule has 434 valence electrons. The smallest absolute Gasteiger partial charge is 0.170 e. The number of nitrogens with zero attached hydrogens (tertiary/aromatic N) is 5. The van der Waals surface area contributed by atoms with E-state index in [0.717, 1.165) is 164 Å². The van der Waals surface area contributed by atoms with Crippen LogP contribution in [-0.4, -0.2) is 24.8 Å². The summed E-state index contributed by atoms with van der Waals surface area (Å²) >= 11 is 0. The molecule has 3 aliphatic heterocycles. The molecular weight excluding hydrogens is 1120 g/mol. The van der Waals surface area contributed by atoms with E-state index in [0.29, 0.717) is 5.76 Å². The predicted molar refractivity (Wildman–Crippen MR) is 381 cm³/mol. The number of rotatable bonds is 10. The van der Waals surface area contributed by atoms with Crippen LogP contribution in [0.2, 0.25) is 0 Å². The average Bonchev–Trinajstić information content (AvgIpc) is 1.58. The summed E-state index contributed by atoms with van der Waals surface area (Å²) in [7, 11) is 0. The van der Waals surface area contributed by atoms with E-state index in [1.807, 2.05) is 48.9 Å². The van der Waals surface area contributed by atoms with Crippen molar-refractivity contribution < 1.29 is 4.74 Å². The topological polar surface area (TPSA) is 69.3 Å². The molecule has 92 heavy (non-hydrogen) atoms. The van der Waals surface area contributed by atoms with Crippen LogP contribution < -0.4 is 10.1 Å². The van der Waals surface area contributed by atoms with Gasteiger partial charge in [-0.15, -0.1) is 5.73 Å². The maximum atomic E-state index is 6.78. The number of nitrogens with one attached hydrogen (secondary N) is 1. The first-order chi connectivity index (χ1) is 45.6. The van der Waals surface area contributed by atoms with Crippen molar-refractivity contribution in [2.75, 3.05) is 0 Å². The van der Waals surface area contributed by atoms with Crippen molar-refractivity contribution in [2.45, 2.75) is 25.3 Å². The monoisotopic (exact) mass is 1180 g/mol. The zero-order valence-corrected chi connectivity index (χ0v) is 50.2. The Hall–Kier alpha value is -12.1. The van der Waals surface area contributed by atoms with E-state index in [1.165, 1.54) is 11.1 Å². The Labute approximate surface area is 533 Å². The van der Waals surface area contributed by atoms with E-state index in [1.54, 1.807) is 0 Å². The first-order valence-corrected chi connectivity index (χ1v) is 31.4. The lowest BCUT2D eigenvalue weighted by molar-refractivity contribution is 0.441. The van der Waals surface area contributed by atoms with Crippen molar-refractivity contribution in [3.63, 3.8) is 0 Å². The molecule has 1 atom stereocenters. The Morgan fingerprint density at radius 2 is 1.17 bits per heavy atom. The molecule has 0 amide bonds. The number of aliphatic imine (C=N–C) groups is 1. The third-order valence-electron chi connectivity index (χ3n) is 18.1. The fourth-order valence-corrected chi connectivity index (χ4v) is 13.8. The molecule has 0 fully saturated rings. The highest BCUT2D eigenvalue weighted by Crippen LogP contribution is 2.45. The van der Waals surface area contributed by atoms with Crippen molar-refractivity contribution in [1.82, 2.24) is 24.4 Å². The Morgan fingerprint density at radius 3 is 1.97 bits per heavy atom. The number of ether oxygens (including phenoxy) is 1. The Morgan fingerprint density at radius 1 is 0.500 bits per heavy atom. The predicted octanol–water partition coefficient (Wildman–Crippen LogP) is 20.4. The largest absolute Gasteiger partial charge is 0.448 e.